The first-order chi connectivity index (χ1) is 7.93. The quantitative estimate of drug-likeness (QED) is 0.706. The molecule has 0 unspecified atom stereocenters. The molecule has 16 heavy (non-hydrogen) atoms. The lowest BCUT2D eigenvalue weighted by atomic mass is 10.3. The number of pyridine rings is 1. The van der Waals surface area contributed by atoms with Gasteiger partial charge in [-0.05, 0) is 24.3 Å². The third-order valence-corrected chi connectivity index (χ3v) is 2.16. The van der Waals surface area contributed by atoms with Gasteiger partial charge in [0.05, 0.1) is 6.26 Å². The fourth-order valence-electron chi connectivity index (χ4n) is 1.41. The lowest BCUT2D eigenvalue weighted by Crippen LogP contribution is -1.81. The van der Waals surface area contributed by atoms with Gasteiger partial charge in [0.2, 0.25) is 0 Å². The van der Waals surface area contributed by atoms with Crippen LogP contribution >= 0.6 is 0 Å². The van der Waals surface area contributed by atoms with Crippen LogP contribution in [0.25, 0.3) is 23.0 Å². The van der Waals surface area contributed by atoms with E-state index in [-0.39, 0.29) is 0 Å². The van der Waals surface area contributed by atoms with Crippen molar-refractivity contribution < 1.29 is 4.42 Å². The zero-order valence-corrected chi connectivity index (χ0v) is 8.29. The maximum atomic E-state index is 5.22. The van der Waals surface area contributed by atoms with Crippen molar-refractivity contribution in [1.82, 2.24) is 20.2 Å². The Bertz CT molecular complexity index is 571. The lowest BCUT2D eigenvalue weighted by molar-refractivity contribution is 0.577. The topological polar surface area (TPSA) is 67.6 Å². The Hall–Kier alpha value is -2.43. The molecule has 5 heteroatoms. The summed E-state index contributed by atoms with van der Waals surface area (Å²) in [7, 11) is 0. The smallest absolute Gasteiger partial charge is 0.192 e. The summed E-state index contributed by atoms with van der Waals surface area (Å²) >= 11 is 0. The minimum Gasteiger partial charge on any atom is -0.461 e. The van der Waals surface area contributed by atoms with Crippen molar-refractivity contribution >= 4 is 0 Å². The standard InChI is InChI=1S/C11H8N4O/c1-3-8(7-12-5-1)10-13-11(15-14-10)9-4-2-6-16-9/h1-7H,(H,13,14,15). The molecule has 3 rings (SSSR count). The van der Waals surface area contributed by atoms with Gasteiger partial charge in [-0.25, -0.2) is 4.98 Å². The molecule has 0 aliphatic heterocycles. The number of H-pyrrole nitrogens is 1. The lowest BCUT2D eigenvalue weighted by Gasteiger charge is -1.90. The van der Waals surface area contributed by atoms with E-state index in [2.05, 4.69) is 20.2 Å². The van der Waals surface area contributed by atoms with Crippen LogP contribution in [0.3, 0.4) is 0 Å². The van der Waals surface area contributed by atoms with Crippen molar-refractivity contribution in [2.75, 3.05) is 0 Å². The van der Waals surface area contributed by atoms with Gasteiger partial charge in [0.25, 0.3) is 0 Å². The van der Waals surface area contributed by atoms with Crippen molar-refractivity contribution in [3.8, 4) is 23.0 Å². The van der Waals surface area contributed by atoms with Crippen LogP contribution in [0, 0.1) is 0 Å². The normalized spacial score (nSPS) is 10.5. The monoisotopic (exact) mass is 212 g/mol. The number of hydrogen-bond donors (Lipinski definition) is 1. The molecule has 0 aromatic carbocycles. The molecule has 78 valence electrons. The van der Waals surface area contributed by atoms with E-state index in [0.717, 1.165) is 5.56 Å². The SMILES string of the molecule is c1cncc(-c2n[nH]c(-c3ccco3)n2)c1. The second-order valence-electron chi connectivity index (χ2n) is 3.23. The van der Waals surface area contributed by atoms with Crippen molar-refractivity contribution in [2.24, 2.45) is 0 Å². The van der Waals surface area contributed by atoms with E-state index in [0.29, 0.717) is 17.4 Å². The molecule has 0 aliphatic rings. The van der Waals surface area contributed by atoms with E-state index >= 15 is 0 Å². The molecule has 3 aromatic heterocycles. The Morgan fingerprint density at radius 3 is 2.94 bits per heavy atom. The Labute approximate surface area is 91.2 Å². The van der Waals surface area contributed by atoms with Gasteiger partial charge in [0.15, 0.2) is 17.4 Å². The van der Waals surface area contributed by atoms with Crippen LogP contribution in [-0.2, 0) is 0 Å². The number of aromatic amines is 1. The second kappa shape index (κ2) is 3.62. The molecule has 0 spiro atoms. The summed E-state index contributed by atoms with van der Waals surface area (Å²) in [6, 6.07) is 7.38. The molecule has 0 fully saturated rings. The maximum absolute atomic E-state index is 5.22. The van der Waals surface area contributed by atoms with Crippen LogP contribution in [0.2, 0.25) is 0 Å². The van der Waals surface area contributed by atoms with Gasteiger partial charge in [0, 0.05) is 18.0 Å². The molecule has 0 saturated heterocycles. The van der Waals surface area contributed by atoms with Crippen LogP contribution in [0.1, 0.15) is 0 Å². The third-order valence-electron chi connectivity index (χ3n) is 2.16. The Balaban J connectivity index is 2.00. The van der Waals surface area contributed by atoms with Crippen molar-refractivity contribution in [1.29, 1.82) is 0 Å². The van der Waals surface area contributed by atoms with Crippen LogP contribution in [0.4, 0.5) is 0 Å². The van der Waals surface area contributed by atoms with Crippen molar-refractivity contribution in [3.63, 3.8) is 0 Å². The molecule has 3 aromatic rings. The van der Waals surface area contributed by atoms with E-state index in [4.69, 9.17) is 4.42 Å². The molecule has 0 atom stereocenters. The maximum Gasteiger partial charge on any atom is 0.192 e. The molecule has 0 aliphatic carbocycles. The molecular formula is C11H8N4O. The van der Waals surface area contributed by atoms with E-state index in [1.807, 2.05) is 24.3 Å². The highest BCUT2D eigenvalue weighted by atomic mass is 16.3. The summed E-state index contributed by atoms with van der Waals surface area (Å²) in [5.74, 6) is 1.89. The zero-order chi connectivity index (χ0) is 10.8. The van der Waals surface area contributed by atoms with Gasteiger partial charge in [0.1, 0.15) is 0 Å². The van der Waals surface area contributed by atoms with Gasteiger partial charge in [-0.2, -0.15) is 5.10 Å². The first kappa shape index (κ1) is 8.84. The Morgan fingerprint density at radius 2 is 2.19 bits per heavy atom. The van der Waals surface area contributed by atoms with Gasteiger partial charge in [-0.15, -0.1) is 0 Å². The van der Waals surface area contributed by atoms with Crippen LogP contribution < -0.4 is 0 Å². The van der Waals surface area contributed by atoms with Gasteiger partial charge in [-0.1, -0.05) is 0 Å². The first-order valence-electron chi connectivity index (χ1n) is 4.80. The zero-order valence-electron chi connectivity index (χ0n) is 8.29. The average molecular weight is 212 g/mol. The highest BCUT2D eigenvalue weighted by Crippen LogP contribution is 2.18. The number of rotatable bonds is 2. The van der Waals surface area contributed by atoms with Gasteiger partial charge in [-0.3, -0.25) is 10.1 Å². The molecule has 0 saturated carbocycles. The van der Waals surface area contributed by atoms with Crippen LogP contribution in [0.5, 0.6) is 0 Å². The molecular weight excluding hydrogens is 204 g/mol. The Morgan fingerprint density at radius 1 is 1.19 bits per heavy atom. The molecule has 0 bridgehead atoms. The molecule has 5 nitrogen and oxygen atoms in total. The minimum absolute atomic E-state index is 0.611. The fraction of sp³-hybridized carbons (Fsp3) is 0. The summed E-state index contributed by atoms with van der Waals surface area (Å²) in [4.78, 5) is 8.34. The van der Waals surface area contributed by atoms with Gasteiger partial charge < -0.3 is 4.42 Å². The first-order valence-corrected chi connectivity index (χ1v) is 4.80. The molecule has 0 amide bonds. The van der Waals surface area contributed by atoms with Crippen molar-refractivity contribution in [2.45, 2.75) is 0 Å². The van der Waals surface area contributed by atoms with Crippen LogP contribution in [-0.4, -0.2) is 20.2 Å². The second-order valence-corrected chi connectivity index (χ2v) is 3.23. The van der Waals surface area contributed by atoms with E-state index in [1.54, 1.807) is 18.7 Å². The number of aromatic nitrogens is 4. The van der Waals surface area contributed by atoms with E-state index < -0.39 is 0 Å². The van der Waals surface area contributed by atoms with Gasteiger partial charge >= 0.3 is 0 Å². The largest absolute Gasteiger partial charge is 0.461 e. The highest BCUT2D eigenvalue weighted by Gasteiger charge is 2.08. The number of furan rings is 1. The number of hydrogen-bond acceptors (Lipinski definition) is 4. The van der Waals surface area contributed by atoms with E-state index in [1.165, 1.54) is 0 Å². The minimum atomic E-state index is 0.611. The molecule has 0 radical (unpaired) electrons. The Kier molecular flexibility index (Phi) is 2.00. The highest BCUT2D eigenvalue weighted by molar-refractivity contribution is 5.56. The summed E-state index contributed by atoms with van der Waals surface area (Å²) in [6.45, 7) is 0. The summed E-state index contributed by atoms with van der Waals surface area (Å²) in [6.07, 6.45) is 5.03. The summed E-state index contributed by atoms with van der Waals surface area (Å²) in [5.41, 5.74) is 0.872. The average Bonchev–Trinajstić information content (AvgIpc) is 3.01. The van der Waals surface area contributed by atoms with Crippen LogP contribution in [0.15, 0.2) is 47.3 Å². The predicted molar refractivity (Wildman–Crippen MR) is 57.3 cm³/mol. The number of nitrogens with one attached hydrogen (secondary N) is 1. The summed E-state index contributed by atoms with van der Waals surface area (Å²) < 4.78 is 5.22. The third kappa shape index (κ3) is 1.48. The molecule has 3 heterocycles. The predicted octanol–water partition coefficient (Wildman–Crippen LogP) is 2.13. The number of nitrogens with zero attached hydrogens (tertiary/aromatic N) is 3. The summed E-state index contributed by atoms with van der Waals surface area (Å²) in [5, 5.41) is 6.93. The van der Waals surface area contributed by atoms with E-state index in [9.17, 15) is 0 Å². The van der Waals surface area contributed by atoms with Crippen molar-refractivity contribution in [3.05, 3.63) is 42.9 Å². The fourth-order valence-corrected chi connectivity index (χ4v) is 1.41. The molecule has 1 N–H and O–H groups in total.